The molecule has 0 saturated carbocycles. The Labute approximate surface area is 94.1 Å². The molecular formula is C11H16FN3O. The highest BCUT2D eigenvalue weighted by molar-refractivity contribution is 5.90. The summed E-state index contributed by atoms with van der Waals surface area (Å²) in [5.74, 6) is -0.511. The Morgan fingerprint density at radius 2 is 2.25 bits per heavy atom. The maximum absolute atomic E-state index is 12.5. The number of carbonyl (C=O) groups excluding carboxylic acids is 1. The first-order valence-corrected chi connectivity index (χ1v) is 5.16. The van der Waals surface area contributed by atoms with Crippen LogP contribution in [0.25, 0.3) is 0 Å². The zero-order chi connectivity index (χ0) is 12.1. The van der Waals surface area contributed by atoms with Crippen molar-refractivity contribution in [3.05, 3.63) is 24.3 Å². The molecule has 0 radical (unpaired) electrons. The van der Waals surface area contributed by atoms with Gasteiger partial charge >= 0.3 is 0 Å². The summed E-state index contributed by atoms with van der Waals surface area (Å²) in [6.45, 7) is 3.91. The first-order chi connectivity index (χ1) is 7.49. The molecule has 1 amide bonds. The second-order valence-corrected chi connectivity index (χ2v) is 4.03. The number of hydrogen-bond acceptors (Lipinski definition) is 3. The number of nitrogens with two attached hydrogens (primary N) is 1. The molecule has 0 fully saturated rings. The Morgan fingerprint density at radius 1 is 1.56 bits per heavy atom. The fourth-order valence-corrected chi connectivity index (χ4v) is 1.11. The lowest BCUT2D eigenvalue weighted by Crippen LogP contribution is -2.31. The topological polar surface area (TPSA) is 68.0 Å². The maximum atomic E-state index is 12.5. The Kier molecular flexibility index (Phi) is 4.37. The number of aromatic nitrogens is 1. The van der Waals surface area contributed by atoms with Crippen molar-refractivity contribution in [1.82, 2.24) is 4.98 Å². The normalized spacial score (nSPS) is 12.6. The largest absolute Gasteiger partial charge is 0.327 e. The van der Waals surface area contributed by atoms with Gasteiger partial charge in [0.25, 0.3) is 0 Å². The van der Waals surface area contributed by atoms with Crippen LogP contribution in [0.1, 0.15) is 20.3 Å². The molecule has 1 unspecified atom stereocenters. The van der Waals surface area contributed by atoms with Crippen LogP contribution in [-0.2, 0) is 4.79 Å². The predicted octanol–water partition coefficient (Wildman–Crippen LogP) is 1.53. The number of carbonyl (C=O) groups is 1. The Morgan fingerprint density at radius 3 is 2.75 bits per heavy atom. The summed E-state index contributed by atoms with van der Waals surface area (Å²) in [4.78, 5) is 14.9. The van der Waals surface area contributed by atoms with E-state index < -0.39 is 5.95 Å². The van der Waals surface area contributed by atoms with Gasteiger partial charge in [-0.25, -0.2) is 4.98 Å². The van der Waals surface area contributed by atoms with Gasteiger partial charge in [0, 0.05) is 12.5 Å². The lowest BCUT2D eigenvalue weighted by Gasteiger charge is -2.14. The second-order valence-electron chi connectivity index (χ2n) is 4.03. The van der Waals surface area contributed by atoms with Crippen molar-refractivity contribution in [3.8, 4) is 0 Å². The van der Waals surface area contributed by atoms with Gasteiger partial charge < -0.3 is 11.1 Å². The number of nitrogens with one attached hydrogen (secondary N) is 1. The third-order valence-corrected chi connectivity index (χ3v) is 2.29. The van der Waals surface area contributed by atoms with Crippen molar-refractivity contribution in [1.29, 1.82) is 0 Å². The van der Waals surface area contributed by atoms with Crippen molar-refractivity contribution in [3.63, 3.8) is 0 Å². The number of halogens is 1. The molecule has 1 aromatic rings. The molecule has 1 rings (SSSR count). The van der Waals surface area contributed by atoms with E-state index in [0.29, 0.717) is 5.69 Å². The van der Waals surface area contributed by atoms with Crippen LogP contribution in [0, 0.1) is 11.9 Å². The zero-order valence-electron chi connectivity index (χ0n) is 9.40. The summed E-state index contributed by atoms with van der Waals surface area (Å²) < 4.78 is 12.5. The average molecular weight is 225 g/mol. The first kappa shape index (κ1) is 12.6. The van der Waals surface area contributed by atoms with E-state index >= 15 is 0 Å². The molecule has 0 aliphatic heterocycles. The number of rotatable bonds is 4. The number of anilines is 1. The van der Waals surface area contributed by atoms with Crippen molar-refractivity contribution in [2.75, 3.05) is 5.32 Å². The van der Waals surface area contributed by atoms with Crippen LogP contribution in [0.3, 0.4) is 0 Å². The van der Waals surface area contributed by atoms with E-state index in [4.69, 9.17) is 5.73 Å². The molecule has 0 saturated heterocycles. The molecule has 0 aromatic carbocycles. The van der Waals surface area contributed by atoms with E-state index in [1.807, 2.05) is 13.8 Å². The third kappa shape index (κ3) is 3.94. The van der Waals surface area contributed by atoms with E-state index in [1.54, 1.807) is 0 Å². The molecule has 0 aliphatic carbocycles. The quantitative estimate of drug-likeness (QED) is 0.763. The summed E-state index contributed by atoms with van der Waals surface area (Å²) in [7, 11) is 0. The minimum atomic E-state index is -0.572. The first-order valence-electron chi connectivity index (χ1n) is 5.16. The van der Waals surface area contributed by atoms with Crippen LogP contribution in [-0.4, -0.2) is 16.9 Å². The summed E-state index contributed by atoms with van der Waals surface area (Å²) in [6, 6.07) is 2.48. The number of pyridine rings is 1. The fraction of sp³-hybridized carbons (Fsp3) is 0.455. The molecule has 16 heavy (non-hydrogen) atoms. The number of hydrogen-bond donors (Lipinski definition) is 2. The van der Waals surface area contributed by atoms with Gasteiger partial charge in [-0.1, -0.05) is 13.8 Å². The highest BCUT2D eigenvalue weighted by Crippen LogP contribution is 2.08. The van der Waals surface area contributed by atoms with Crippen LogP contribution in [0.4, 0.5) is 10.1 Å². The Balaban J connectivity index is 2.48. The van der Waals surface area contributed by atoms with E-state index in [9.17, 15) is 9.18 Å². The molecule has 3 N–H and O–H groups in total. The molecule has 5 heteroatoms. The molecular weight excluding hydrogens is 209 g/mol. The van der Waals surface area contributed by atoms with Gasteiger partial charge in [0.2, 0.25) is 11.9 Å². The van der Waals surface area contributed by atoms with Gasteiger partial charge in [0.15, 0.2) is 0 Å². The summed E-state index contributed by atoms with van der Waals surface area (Å²) in [6.07, 6.45) is 1.52. The molecule has 0 aliphatic rings. The van der Waals surface area contributed by atoms with Crippen molar-refractivity contribution in [2.45, 2.75) is 26.3 Å². The fourth-order valence-electron chi connectivity index (χ4n) is 1.11. The van der Waals surface area contributed by atoms with Gasteiger partial charge in [0.1, 0.15) is 0 Å². The van der Waals surface area contributed by atoms with E-state index in [0.717, 1.165) is 0 Å². The van der Waals surface area contributed by atoms with Crippen LogP contribution in [0.15, 0.2) is 18.3 Å². The van der Waals surface area contributed by atoms with Crippen LogP contribution in [0.5, 0.6) is 0 Å². The lowest BCUT2D eigenvalue weighted by molar-refractivity contribution is -0.116. The SMILES string of the molecule is CC(C)C(N)CC(=O)Nc1ccc(F)nc1. The van der Waals surface area contributed by atoms with Gasteiger partial charge in [-0.2, -0.15) is 4.39 Å². The zero-order valence-corrected chi connectivity index (χ0v) is 9.40. The number of nitrogens with zero attached hydrogens (tertiary/aromatic N) is 1. The second kappa shape index (κ2) is 5.55. The minimum Gasteiger partial charge on any atom is -0.327 e. The monoisotopic (exact) mass is 225 g/mol. The van der Waals surface area contributed by atoms with E-state index in [-0.39, 0.29) is 24.3 Å². The smallest absolute Gasteiger partial charge is 0.225 e. The predicted molar refractivity (Wildman–Crippen MR) is 60.3 cm³/mol. The summed E-state index contributed by atoms with van der Waals surface area (Å²) in [5.41, 5.74) is 6.23. The van der Waals surface area contributed by atoms with Gasteiger partial charge in [-0.05, 0) is 18.1 Å². The van der Waals surface area contributed by atoms with Crippen LogP contribution in [0.2, 0.25) is 0 Å². The number of amides is 1. The maximum Gasteiger partial charge on any atom is 0.225 e. The van der Waals surface area contributed by atoms with Gasteiger partial charge in [0.05, 0.1) is 11.9 Å². The van der Waals surface area contributed by atoms with Crippen molar-refractivity contribution in [2.24, 2.45) is 11.7 Å². The molecule has 88 valence electrons. The standard InChI is InChI=1S/C11H16FN3O/c1-7(2)9(13)5-11(16)15-8-3-4-10(12)14-6-8/h3-4,6-7,9H,5,13H2,1-2H3,(H,15,16). The highest BCUT2D eigenvalue weighted by atomic mass is 19.1. The van der Waals surface area contributed by atoms with Crippen LogP contribution < -0.4 is 11.1 Å². The average Bonchev–Trinajstić information content (AvgIpc) is 2.21. The molecule has 1 aromatic heterocycles. The van der Waals surface area contributed by atoms with Crippen molar-refractivity contribution >= 4 is 11.6 Å². The molecule has 1 heterocycles. The molecule has 1 atom stereocenters. The summed E-state index contributed by atoms with van der Waals surface area (Å²) in [5, 5.41) is 2.61. The Hall–Kier alpha value is -1.49. The molecule has 4 nitrogen and oxygen atoms in total. The van der Waals surface area contributed by atoms with Crippen molar-refractivity contribution < 1.29 is 9.18 Å². The van der Waals surface area contributed by atoms with Gasteiger partial charge in [-0.3, -0.25) is 4.79 Å². The Bertz CT molecular complexity index is 351. The minimum absolute atomic E-state index is 0.173. The highest BCUT2D eigenvalue weighted by Gasteiger charge is 2.12. The third-order valence-electron chi connectivity index (χ3n) is 2.29. The molecule has 0 spiro atoms. The van der Waals surface area contributed by atoms with Gasteiger partial charge in [-0.15, -0.1) is 0 Å². The van der Waals surface area contributed by atoms with E-state index in [1.165, 1.54) is 18.3 Å². The summed E-state index contributed by atoms with van der Waals surface area (Å²) >= 11 is 0. The van der Waals surface area contributed by atoms with Crippen LogP contribution >= 0.6 is 0 Å². The molecule has 0 bridgehead atoms. The lowest BCUT2D eigenvalue weighted by atomic mass is 10.0. The van der Waals surface area contributed by atoms with E-state index in [2.05, 4.69) is 10.3 Å².